The molecule has 0 saturated carbocycles. The van der Waals surface area contributed by atoms with Crippen LogP contribution in [0, 0.1) is 18.3 Å². The second kappa shape index (κ2) is 7.38. The van der Waals surface area contributed by atoms with Crippen LogP contribution in [0.15, 0.2) is 48.9 Å². The van der Waals surface area contributed by atoms with E-state index in [9.17, 15) is 10.1 Å². The first-order chi connectivity index (χ1) is 13.7. The van der Waals surface area contributed by atoms with Gasteiger partial charge in [0, 0.05) is 17.3 Å². The molecule has 1 amide bonds. The Morgan fingerprint density at radius 2 is 2.04 bits per heavy atom. The van der Waals surface area contributed by atoms with Crippen LogP contribution in [0.5, 0.6) is 0 Å². The number of pyridine rings is 1. The van der Waals surface area contributed by atoms with Crippen molar-refractivity contribution in [3.05, 3.63) is 60.0 Å². The van der Waals surface area contributed by atoms with Gasteiger partial charge in [-0.25, -0.2) is 9.97 Å². The summed E-state index contributed by atoms with van der Waals surface area (Å²) >= 11 is 1.34. The number of nitrogens with zero attached hydrogens (tertiary/aromatic N) is 6. The predicted molar refractivity (Wildman–Crippen MR) is 105 cm³/mol. The quantitative estimate of drug-likeness (QED) is 0.527. The lowest BCUT2D eigenvalue weighted by Gasteiger charge is -2.07. The van der Waals surface area contributed by atoms with Crippen LogP contribution in [-0.4, -0.2) is 31.4 Å². The maximum Gasteiger partial charge on any atom is 0.213 e. The van der Waals surface area contributed by atoms with Crippen molar-refractivity contribution in [2.45, 2.75) is 6.92 Å². The van der Waals surface area contributed by atoms with Gasteiger partial charge in [-0.15, -0.1) is 4.80 Å². The molecule has 0 unspecified atom stereocenters. The van der Waals surface area contributed by atoms with Crippen molar-refractivity contribution in [2.75, 3.05) is 5.32 Å². The van der Waals surface area contributed by atoms with Crippen LogP contribution < -0.4 is 5.32 Å². The number of aromatic nitrogens is 5. The molecule has 4 rings (SSSR count). The number of anilines is 1. The Morgan fingerprint density at radius 1 is 1.21 bits per heavy atom. The van der Waals surface area contributed by atoms with Gasteiger partial charge in [0.15, 0.2) is 10.9 Å². The van der Waals surface area contributed by atoms with Crippen LogP contribution >= 0.6 is 11.3 Å². The minimum Gasteiger partial charge on any atom is -0.305 e. The molecule has 136 valence electrons. The smallest absolute Gasteiger partial charge is 0.213 e. The van der Waals surface area contributed by atoms with Crippen molar-refractivity contribution in [1.82, 2.24) is 25.0 Å². The lowest BCUT2D eigenvalue weighted by Crippen LogP contribution is -2.04. The van der Waals surface area contributed by atoms with Crippen molar-refractivity contribution in [3.8, 4) is 33.6 Å². The zero-order valence-electron chi connectivity index (χ0n) is 14.7. The molecule has 0 bridgehead atoms. The summed E-state index contributed by atoms with van der Waals surface area (Å²) in [6.07, 6.45) is 5.50. The van der Waals surface area contributed by atoms with Gasteiger partial charge >= 0.3 is 0 Å². The number of rotatable bonds is 5. The number of amides is 1. The van der Waals surface area contributed by atoms with E-state index < -0.39 is 0 Å². The summed E-state index contributed by atoms with van der Waals surface area (Å²) in [6, 6.07) is 11.3. The maximum atomic E-state index is 10.9. The van der Waals surface area contributed by atoms with E-state index in [0.717, 1.165) is 21.6 Å². The van der Waals surface area contributed by atoms with Crippen molar-refractivity contribution in [3.63, 3.8) is 0 Å². The van der Waals surface area contributed by atoms with E-state index >= 15 is 0 Å². The number of carbonyl (C=O) groups excluding carboxylic acids is 1. The molecular weight excluding hydrogens is 374 g/mol. The van der Waals surface area contributed by atoms with Gasteiger partial charge in [0.1, 0.15) is 0 Å². The topological polar surface area (TPSA) is 109 Å². The minimum atomic E-state index is 0.470. The molecule has 0 aliphatic carbocycles. The van der Waals surface area contributed by atoms with Crippen LogP contribution in [0.2, 0.25) is 0 Å². The Balaban J connectivity index is 1.84. The highest BCUT2D eigenvalue weighted by Gasteiger charge is 2.17. The second-order valence-electron chi connectivity index (χ2n) is 5.83. The highest BCUT2D eigenvalue weighted by molar-refractivity contribution is 7.19. The van der Waals surface area contributed by atoms with E-state index in [4.69, 9.17) is 0 Å². The van der Waals surface area contributed by atoms with Crippen LogP contribution in [0.3, 0.4) is 0 Å². The maximum absolute atomic E-state index is 10.9. The molecule has 0 aliphatic rings. The Morgan fingerprint density at radius 3 is 2.75 bits per heavy atom. The summed E-state index contributed by atoms with van der Waals surface area (Å²) in [5.74, 6) is 0.637. The first-order valence-corrected chi connectivity index (χ1v) is 9.06. The average Bonchev–Trinajstić information content (AvgIpc) is 3.38. The molecule has 4 aromatic rings. The molecule has 0 fully saturated rings. The Bertz CT molecular complexity index is 1190. The first kappa shape index (κ1) is 17.5. The second-order valence-corrected chi connectivity index (χ2v) is 6.83. The zero-order chi connectivity index (χ0) is 19.5. The largest absolute Gasteiger partial charge is 0.305 e. The molecule has 0 atom stereocenters. The summed E-state index contributed by atoms with van der Waals surface area (Å²) in [4.78, 5) is 22.2. The van der Waals surface area contributed by atoms with Gasteiger partial charge < -0.3 is 5.32 Å². The molecule has 28 heavy (non-hydrogen) atoms. The van der Waals surface area contributed by atoms with Crippen LogP contribution in [0.25, 0.3) is 27.5 Å². The standard InChI is InChI=1S/C19H13N7OS/c1-12-7-15(10-21-18(12)26-23-5-6-24-26)17-16(25-19(28-17)22-11-27)14-4-2-3-13(8-14)9-20/h2-8,10-11H,1H3,(H,22,25,27). The Hall–Kier alpha value is -3.90. The van der Waals surface area contributed by atoms with Crippen LogP contribution in [0.4, 0.5) is 5.13 Å². The van der Waals surface area contributed by atoms with Crippen molar-refractivity contribution in [2.24, 2.45) is 0 Å². The predicted octanol–water partition coefficient (Wildman–Crippen LogP) is 3.20. The number of hydrogen-bond acceptors (Lipinski definition) is 7. The molecule has 9 heteroatoms. The summed E-state index contributed by atoms with van der Waals surface area (Å²) in [5, 5.41) is 20.5. The highest BCUT2D eigenvalue weighted by atomic mass is 32.1. The SMILES string of the molecule is Cc1cc(-c2sc(NC=O)nc2-c2cccc(C#N)c2)cnc1-n1nccn1. The summed E-state index contributed by atoms with van der Waals surface area (Å²) in [5.41, 5.74) is 3.75. The third-order valence-electron chi connectivity index (χ3n) is 4.00. The molecular formula is C19H13N7OS. The molecule has 3 heterocycles. The van der Waals surface area contributed by atoms with E-state index in [1.807, 2.05) is 19.1 Å². The van der Waals surface area contributed by atoms with E-state index in [1.54, 1.807) is 36.8 Å². The molecule has 8 nitrogen and oxygen atoms in total. The number of aryl methyl sites for hydroxylation is 1. The van der Waals surface area contributed by atoms with E-state index in [0.29, 0.717) is 28.6 Å². The fraction of sp³-hybridized carbons (Fsp3) is 0.0526. The van der Waals surface area contributed by atoms with Crippen molar-refractivity contribution >= 4 is 22.9 Å². The number of nitrogens with one attached hydrogen (secondary N) is 1. The van der Waals surface area contributed by atoms with Crippen LogP contribution in [-0.2, 0) is 4.79 Å². The van der Waals surface area contributed by atoms with Gasteiger partial charge in [0.2, 0.25) is 6.41 Å². The van der Waals surface area contributed by atoms with Gasteiger partial charge in [-0.1, -0.05) is 23.5 Å². The Kier molecular flexibility index (Phi) is 4.62. The van der Waals surface area contributed by atoms with Crippen LogP contribution in [0.1, 0.15) is 11.1 Å². The Labute approximate surface area is 164 Å². The number of carbonyl (C=O) groups is 1. The minimum absolute atomic E-state index is 0.470. The van der Waals surface area contributed by atoms with Crippen molar-refractivity contribution < 1.29 is 4.79 Å². The fourth-order valence-electron chi connectivity index (χ4n) is 2.79. The lowest BCUT2D eigenvalue weighted by molar-refractivity contribution is -0.105. The van der Waals surface area contributed by atoms with Gasteiger partial charge in [0.25, 0.3) is 0 Å². The third kappa shape index (κ3) is 3.24. The number of benzene rings is 1. The van der Waals surface area contributed by atoms with Gasteiger partial charge in [0.05, 0.1) is 34.6 Å². The summed E-state index contributed by atoms with van der Waals surface area (Å²) < 4.78 is 0. The molecule has 1 N–H and O–H groups in total. The number of nitriles is 1. The van der Waals surface area contributed by atoms with E-state index in [1.165, 1.54) is 16.1 Å². The normalized spacial score (nSPS) is 10.4. The molecule has 0 saturated heterocycles. The van der Waals surface area contributed by atoms with Crippen molar-refractivity contribution in [1.29, 1.82) is 5.26 Å². The van der Waals surface area contributed by atoms with Gasteiger partial charge in [-0.05, 0) is 30.7 Å². The molecule has 0 aliphatic heterocycles. The third-order valence-corrected chi connectivity index (χ3v) is 5.03. The monoisotopic (exact) mass is 387 g/mol. The zero-order valence-corrected chi connectivity index (χ0v) is 15.5. The number of hydrogen-bond donors (Lipinski definition) is 1. The summed E-state index contributed by atoms with van der Waals surface area (Å²) in [6.45, 7) is 1.93. The number of thiazole rings is 1. The van der Waals surface area contributed by atoms with E-state index in [2.05, 4.69) is 31.6 Å². The molecule has 0 spiro atoms. The van der Waals surface area contributed by atoms with E-state index in [-0.39, 0.29) is 0 Å². The van der Waals surface area contributed by atoms with Gasteiger partial charge in [-0.2, -0.15) is 15.5 Å². The summed E-state index contributed by atoms with van der Waals surface area (Å²) in [7, 11) is 0. The molecule has 1 aromatic carbocycles. The van der Waals surface area contributed by atoms with Gasteiger partial charge in [-0.3, -0.25) is 4.79 Å². The molecule has 0 radical (unpaired) electrons. The lowest BCUT2D eigenvalue weighted by atomic mass is 10.0. The first-order valence-electron chi connectivity index (χ1n) is 8.25. The fourth-order valence-corrected chi connectivity index (χ4v) is 3.71. The highest BCUT2D eigenvalue weighted by Crippen LogP contribution is 2.39. The molecule has 3 aromatic heterocycles. The average molecular weight is 387 g/mol.